The molecule has 108 valence electrons. The zero-order valence-corrected chi connectivity index (χ0v) is 10.6. The number of aliphatic hydroxyl groups is 2. The van der Waals surface area contributed by atoms with Gasteiger partial charge >= 0.3 is 6.18 Å². The largest absolute Gasteiger partial charge is 0.496 e. The molecule has 0 aliphatic carbocycles. The predicted octanol–water partition coefficient (Wildman–Crippen LogP) is 1.79. The van der Waals surface area contributed by atoms with E-state index in [1.165, 1.54) is 20.1 Å². The van der Waals surface area contributed by atoms with Crippen LogP contribution in [0.15, 0.2) is 12.1 Å². The summed E-state index contributed by atoms with van der Waals surface area (Å²) in [5.74, 6) is -0.222. The van der Waals surface area contributed by atoms with E-state index in [2.05, 4.69) is 5.32 Å². The monoisotopic (exact) mass is 279 g/mol. The fourth-order valence-electron chi connectivity index (χ4n) is 1.66. The number of anilines is 1. The highest BCUT2D eigenvalue weighted by Crippen LogP contribution is 2.39. The van der Waals surface area contributed by atoms with E-state index in [0.717, 1.165) is 6.07 Å². The molecule has 1 rings (SSSR count). The Labute approximate surface area is 108 Å². The summed E-state index contributed by atoms with van der Waals surface area (Å²) in [4.78, 5) is 0. The number of alkyl halides is 3. The van der Waals surface area contributed by atoms with Crippen LogP contribution in [0.5, 0.6) is 5.75 Å². The first kappa shape index (κ1) is 15.6. The number of methoxy groups -OCH3 is 1. The van der Waals surface area contributed by atoms with Gasteiger partial charge in [0.05, 0.1) is 25.4 Å². The normalized spacial score (nSPS) is 13.2. The number of hydrogen-bond donors (Lipinski definition) is 3. The van der Waals surface area contributed by atoms with E-state index in [1.807, 2.05) is 0 Å². The third-order valence-electron chi connectivity index (χ3n) is 2.54. The van der Waals surface area contributed by atoms with Gasteiger partial charge < -0.3 is 20.3 Å². The summed E-state index contributed by atoms with van der Waals surface area (Å²) in [7, 11) is 1.18. The second-order valence-electron chi connectivity index (χ2n) is 4.09. The van der Waals surface area contributed by atoms with Crippen molar-refractivity contribution in [1.82, 2.24) is 0 Å². The van der Waals surface area contributed by atoms with Crippen molar-refractivity contribution in [2.75, 3.05) is 25.6 Å². The Hall–Kier alpha value is -1.47. The second kappa shape index (κ2) is 6.12. The summed E-state index contributed by atoms with van der Waals surface area (Å²) in [6, 6.07) is 2.40. The molecule has 0 radical (unpaired) electrons. The van der Waals surface area contributed by atoms with E-state index in [-0.39, 0.29) is 18.0 Å². The second-order valence-corrected chi connectivity index (χ2v) is 4.09. The zero-order chi connectivity index (χ0) is 14.6. The summed E-state index contributed by atoms with van der Waals surface area (Å²) in [5.41, 5.74) is -0.340. The molecular formula is C12H16F3NO3. The first-order valence-electron chi connectivity index (χ1n) is 5.58. The summed E-state index contributed by atoms with van der Waals surface area (Å²) >= 11 is 0. The van der Waals surface area contributed by atoms with E-state index in [9.17, 15) is 13.2 Å². The summed E-state index contributed by atoms with van der Waals surface area (Å²) < 4.78 is 43.4. The van der Waals surface area contributed by atoms with Crippen LogP contribution in [0.2, 0.25) is 0 Å². The SMILES string of the molecule is COc1c(C)cc(NCC(O)CO)cc1C(F)(F)F. The number of aliphatic hydroxyl groups excluding tert-OH is 2. The van der Waals surface area contributed by atoms with Crippen LogP contribution < -0.4 is 10.1 Å². The van der Waals surface area contributed by atoms with Crippen LogP contribution in [0.4, 0.5) is 18.9 Å². The van der Waals surface area contributed by atoms with Crippen molar-refractivity contribution in [1.29, 1.82) is 0 Å². The van der Waals surface area contributed by atoms with Crippen LogP contribution in [-0.4, -0.2) is 36.6 Å². The highest BCUT2D eigenvalue weighted by atomic mass is 19.4. The van der Waals surface area contributed by atoms with Crippen LogP contribution in [0.25, 0.3) is 0 Å². The van der Waals surface area contributed by atoms with Crippen molar-refractivity contribution >= 4 is 5.69 Å². The van der Waals surface area contributed by atoms with Crippen molar-refractivity contribution in [3.05, 3.63) is 23.3 Å². The van der Waals surface area contributed by atoms with E-state index in [4.69, 9.17) is 14.9 Å². The number of benzene rings is 1. The maximum absolute atomic E-state index is 12.9. The Bertz CT molecular complexity index is 435. The minimum absolute atomic E-state index is 0.0421. The maximum Gasteiger partial charge on any atom is 0.420 e. The molecular weight excluding hydrogens is 263 g/mol. The van der Waals surface area contributed by atoms with Crippen molar-refractivity contribution in [2.24, 2.45) is 0 Å². The molecule has 0 heterocycles. The topological polar surface area (TPSA) is 61.7 Å². The molecule has 1 aromatic carbocycles. The standard InChI is InChI=1S/C12H16F3NO3/c1-7-3-8(16-5-9(18)6-17)4-10(11(7)19-2)12(13,14)15/h3-4,9,16-18H,5-6H2,1-2H3. The summed E-state index contributed by atoms with van der Waals surface area (Å²) in [5, 5.41) is 20.4. The predicted molar refractivity (Wildman–Crippen MR) is 64.3 cm³/mol. The Kier molecular flexibility index (Phi) is 5.02. The molecule has 0 bridgehead atoms. The molecule has 0 amide bonds. The number of rotatable bonds is 5. The molecule has 1 atom stereocenters. The van der Waals surface area contributed by atoms with E-state index in [1.54, 1.807) is 0 Å². The molecule has 1 unspecified atom stereocenters. The summed E-state index contributed by atoms with van der Waals surface area (Å²) in [6.45, 7) is 0.996. The van der Waals surface area contributed by atoms with Crippen molar-refractivity contribution in [3.63, 3.8) is 0 Å². The van der Waals surface area contributed by atoms with E-state index >= 15 is 0 Å². The van der Waals surface area contributed by atoms with Gasteiger partial charge in [-0.15, -0.1) is 0 Å². The average molecular weight is 279 g/mol. The molecule has 0 saturated carbocycles. The Balaban J connectivity index is 3.06. The highest BCUT2D eigenvalue weighted by molar-refractivity contribution is 5.56. The van der Waals surface area contributed by atoms with Gasteiger partial charge in [0.1, 0.15) is 5.75 Å². The van der Waals surface area contributed by atoms with Gasteiger partial charge in [-0.05, 0) is 24.6 Å². The van der Waals surface area contributed by atoms with E-state index < -0.39 is 24.5 Å². The minimum Gasteiger partial charge on any atom is -0.496 e. The number of halogens is 3. The average Bonchev–Trinajstić information content (AvgIpc) is 2.34. The molecule has 0 aliphatic rings. The van der Waals surface area contributed by atoms with Gasteiger partial charge in [-0.2, -0.15) is 13.2 Å². The van der Waals surface area contributed by atoms with Crippen LogP contribution in [0, 0.1) is 6.92 Å². The van der Waals surface area contributed by atoms with Crippen LogP contribution in [0.3, 0.4) is 0 Å². The molecule has 0 aromatic heterocycles. The van der Waals surface area contributed by atoms with Crippen LogP contribution >= 0.6 is 0 Å². The summed E-state index contributed by atoms with van der Waals surface area (Å²) in [6.07, 6.45) is -5.56. The van der Waals surface area contributed by atoms with Gasteiger partial charge in [0, 0.05) is 12.2 Å². The number of aryl methyl sites for hydroxylation is 1. The molecule has 0 spiro atoms. The number of nitrogens with one attached hydrogen (secondary N) is 1. The lowest BCUT2D eigenvalue weighted by Gasteiger charge is -2.17. The third-order valence-corrected chi connectivity index (χ3v) is 2.54. The zero-order valence-electron chi connectivity index (χ0n) is 10.6. The molecule has 0 fully saturated rings. The molecule has 4 nitrogen and oxygen atoms in total. The fourth-order valence-corrected chi connectivity index (χ4v) is 1.66. The molecule has 19 heavy (non-hydrogen) atoms. The number of ether oxygens (including phenoxy) is 1. The fraction of sp³-hybridized carbons (Fsp3) is 0.500. The lowest BCUT2D eigenvalue weighted by molar-refractivity contribution is -0.138. The van der Waals surface area contributed by atoms with Gasteiger partial charge in [-0.1, -0.05) is 0 Å². The number of hydrogen-bond acceptors (Lipinski definition) is 4. The van der Waals surface area contributed by atoms with Crippen molar-refractivity contribution in [2.45, 2.75) is 19.2 Å². The lowest BCUT2D eigenvalue weighted by atomic mass is 10.1. The quantitative estimate of drug-likeness (QED) is 0.769. The first-order valence-corrected chi connectivity index (χ1v) is 5.58. The Morgan fingerprint density at radius 1 is 1.37 bits per heavy atom. The van der Waals surface area contributed by atoms with Gasteiger partial charge in [-0.3, -0.25) is 0 Å². The minimum atomic E-state index is -4.52. The maximum atomic E-state index is 12.9. The molecule has 3 N–H and O–H groups in total. The van der Waals surface area contributed by atoms with Crippen molar-refractivity contribution in [3.8, 4) is 5.75 Å². The molecule has 0 saturated heterocycles. The highest BCUT2D eigenvalue weighted by Gasteiger charge is 2.35. The van der Waals surface area contributed by atoms with Crippen LogP contribution in [-0.2, 0) is 6.18 Å². The molecule has 0 aliphatic heterocycles. The molecule has 7 heteroatoms. The lowest BCUT2D eigenvalue weighted by Crippen LogP contribution is -2.23. The van der Waals surface area contributed by atoms with E-state index in [0.29, 0.717) is 5.56 Å². The Morgan fingerprint density at radius 3 is 2.47 bits per heavy atom. The van der Waals surface area contributed by atoms with Gasteiger partial charge in [-0.25, -0.2) is 0 Å². The van der Waals surface area contributed by atoms with Gasteiger partial charge in [0.2, 0.25) is 0 Å². The van der Waals surface area contributed by atoms with Gasteiger partial charge in [0.25, 0.3) is 0 Å². The Morgan fingerprint density at radius 2 is 2.00 bits per heavy atom. The van der Waals surface area contributed by atoms with Crippen molar-refractivity contribution < 1.29 is 28.1 Å². The smallest absolute Gasteiger partial charge is 0.420 e. The third kappa shape index (κ3) is 4.00. The molecule has 1 aromatic rings. The first-order chi connectivity index (χ1) is 8.79. The van der Waals surface area contributed by atoms with Crippen LogP contribution in [0.1, 0.15) is 11.1 Å². The van der Waals surface area contributed by atoms with Gasteiger partial charge in [0.15, 0.2) is 0 Å².